The molecule has 5 rings (SSSR count). The van der Waals surface area contributed by atoms with Crippen molar-refractivity contribution >= 4 is 5.97 Å². The van der Waals surface area contributed by atoms with Crippen LogP contribution >= 0.6 is 0 Å². The van der Waals surface area contributed by atoms with Crippen LogP contribution in [0.15, 0.2) is 109 Å². The molecule has 0 saturated carbocycles. The number of hydrogen-bond acceptors (Lipinski definition) is 5. The highest BCUT2D eigenvalue weighted by molar-refractivity contribution is 5.82. The van der Waals surface area contributed by atoms with Crippen LogP contribution in [0.2, 0.25) is 0 Å². The van der Waals surface area contributed by atoms with Crippen LogP contribution < -0.4 is 9.47 Å². The van der Waals surface area contributed by atoms with Crippen LogP contribution in [0, 0.1) is 5.92 Å². The van der Waals surface area contributed by atoms with Gasteiger partial charge in [0, 0.05) is 12.3 Å². The highest BCUT2D eigenvalue weighted by Crippen LogP contribution is 2.34. The number of carbonyl (C=O) groups excluding carboxylic acids is 1. The van der Waals surface area contributed by atoms with Crippen molar-refractivity contribution in [3.63, 3.8) is 0 Å². The number of rotatable bonds is 10. The molecule has 0 radical (unpaired) electrons. The van der Waals surface area contributed by atoms with Crippen LogP contribution in [-0.2, 0) is 35.6 Å². The minimum absolute atomic E-state index is 0.156. The van der Waals surface area contributed by atoms with E-state index in [9.17, 15) is 9.90 Å². The van der Waals surface area contributed by atoms with Gasteiger partial charge < -0.3 is 19.3 Å². The average Bonchev–Trinajstić information content (AvgIpc) is 3.20. The first-order valence-electron chi connectivity index (χ1n) is 12.5. The van der Waals surface area contributed by atoms with E-state index in [1.54, 1.807) is 0 Å². The smallest absolute Gasteiger partial charge is 0.338 e. The third-order valence-electron chi connectivity index (χ3n) is 6.69. The Balaban J connectivity index is 1.25. The van der Waals surface area contributed by atoms with Crippen molar-refractivity contribution in [2.75, 3.05) is 6.61 Å². The van der Waals surface area contributed by atoms with Gasteiger partial charge in [0.05, 0.1) is 6.61 Å². The maximum absolute atomic E-state index is 12.7. The number of carbonyl (C=O) groups is 1. The Morgan fingerprint density at radius 2 is 1.22 bits per heavy atom. The van der Waals surface area contributed by atoms with E-state index in [1.165, 1.54) is 0 Å². The van der Waals surface area contributed by atoms with Crippen molar-refractivity contribution in [3.8, 4) is 11.5 Å². The third kappa shape index (κ3) is 6.19. The van der Waals surface area contributed by atoms with Crippen molar-refractivity contribution < 1.29 is 24.1 Å². The minimum Gasteiger partial charge on any atom is -0.489 e. The topological polar surface area (TPSA) is 65.0 Å². The maximum Gasteiger partial charge on any atom is 0.338 e. The number of aliphatic hydroxyl groups is 1. The molecule has 0 aromatic heterocycles. The molecule has 0 unspecified atom stereocenters. The fourth-order valence-electron chi connectivity index (χ4n) is 4.64. The molecule has 1 saturated heterocycles. The Morgan fingerprint density at radius 3 is 1.81 bits per heavy atom. The van der Waals surface area contributed by atoms with E-state index in [0.29, 0.717) is 25.4 Å². The van der Waals surface area contributed by atoms with E-state index in [2.05, 4.69) is 0 Å². The lowest BCUT2D eigenvalue weighted by atomic mass is 9.81. The van der Waals surface area contributed by atoms with Crippen LogP contribution in [0.1, 0.15) is 22.3 Å². The maximum atomic E-state index is 12.7. The molecule has 4 aromatic rings. The standard InChI is InChI=1S/C32H30O5/c33-31-32(34,20-27-14-8-16-30(19-27)36-22-25-11-5-2-6-12-25)28(23-37-31)17-26-13-7-15-29(18-26)35-21-24-9-3-1-4-10-24/h1-16,18-19,28,34H,17,20-23H2/t28-,32+/m0/s1. The zero-order valence-electron chi connectivity index (χ0n) is 20.6. The van der Waals surface area contributed by atoms with Gasteiger partial charge in [-0.2, -0.15) is 0 Å². The van der Waals surface area contributed by atoms with Crippen LogP contribution in [0.5, 0.6) is 11.5 Å². The van der Waals surface area contributed by atoms with Crippen LogP contribution in [0.4, 0.5) is 0 Å². The van der Waals surface area contributed by atoms with Gasteiger partial charge in [-0.3, -0.25) is 0 Å². The second kappa shape index (κ2) is 11.3. The molecule has 0 amide bonds. The number of ether oxygens (including phenoxy) is 3. The zero-order valence-corrected chi connectivity index (χ0v) is 20.6. The Bertz CT molecular complexity index is 1320. The molecule has 2 atom stereocenters. The summed E-state index contributed by atoms with van der Waals surface area (Å²) in [6.45, 7) is 1.10. The summed E-state index contributed by atoms with van der Waals surface area (Å²) in [4.78, 5) is 12.7. The summed E-state index contributed by atoms with van der Waals surface area (Å²) in [6.07, 6.45) is 0.651. The molecule has 37 heavy (non-hydrogen) atoms. The number of benzene rings is 4. The molecular weight excluding hydrogens is 464 g/mol. The van der Waals surface area contributed by atoms with E-state index in [4.69, 9.17) is 14.2 Å². The lowest BCUT2D eigenvalue weighted by Gasteiger charge is -2.26. The first kappa shape index (κ1) is 24.6. The van der Waals surface area contributed by atoms with Crippen molar-refractivity contribution in [2.24, 2.45) is 5.92 Å². The fourth-order valence-corrected chi connectivity index (χ4v) is 4.64. The predicted octanol–water partition coefficient (Wildman–Crippen LogP) is 5.53. The molecule has 188 valence electrons. The summed E-state index contributed by atoms with van der Waals surface area (Å²) in [6, 6.07) is 35.2. The quantitative estimate of drug-likeness (QED) is 0.294. The summed E-state index contributed by atoms with van der Waals surface area (Å²) < 4.78 is 17.2. The summed E-state index contributed by atoms with van der Waals surface area (Å²) in [5.41, 5.74) is 2.34. The van der Waals surface area contributed by atoms with Gasteiger partial charge >= 0.3 is 5.97 Å². The van der Waals surface area contributed by atoms with Crippen LogP contribution in [-0.4, -0.2) is 23.3 Å². The number of hydrogen-bond donors (Lipinski definition) is 1. The molecule has 1 fully saturated rings. The Labute approximate surface area is 217 Å². The van der Waals surface area contributed by atoms with Gasteiger partial charge in [0.25, 0.3) is 0 Å². The molecule has 4 aromatic carbocycles. The van der Waals surface area contributed by atoms with E-state index >= 15 is 0 Å². The van der Waals surface area contributed by atoms with E-state index in [1.807, 2.05) is 109 Å². The molecule has 0 spiro atoms. The van der Waals surface area contributed by atoms with Gasteiger partial charge in [0.2, 0.25) is 0 Å². The summed E-state index contributed by atoms with van der Waals surface area (Å²) in [5, 5.41) is 11.5. The second-order valence-electron chi connectivity index (χ2n) is 9.44. The fraction of sp³-hybridized carbons (Fsp3) is 0.219. The second-order valence-corrected chi connectivity index (χ2v) is 9.44. The van der Waals surface area contributed by atoms with Gasteiger partial charge in [-0.15, -0.1) is 0 Å². The molecule has 1 aliphatic rings. The summed E-state index contributed by atoms with van der Waals surface area (Å²) in [7, 11) is 0. The summed E-state index contributed by atoms with van der Waals surface area (Å²) in [5.74, 6) is 0.484. The van der Waals surface area contributed by atoms with Gasteiger partial charge in [0.1, 0.15) is 24.7 Å². The Hall–Kier alpha value is -4.09. The highest BCUT2D eigenvalue weighted by Gasteiger charge is 2.51. The molecule has 5 nitrogen and oxygen atoms in total. The summed E-state index contributed by atoms with van der Waals surface area (Å²) >= 11 is 0. The van der Waals surface area contributed by atoms with Crippen molar-refractivity contribution in [3.05, 3.63) is 131 Å². The number of cyclic esters (lactones) is 1. The first-order chi connectivity index (χ1) is 18.1. The molecule has 1 heterocycles. The zero-order chi connectivity index (χ0) is 25.5. The predicted molar refractivity (Wildman–Crippen MR) is 141 cm³/mol. The Morgan fingerprint density at radius 1 is 0.703 bits per heavy atom. The van der Waals surface area contributed by atoms with E-state index in [-0.39, 0.29) is 18.9 Å². The molecule has 1 N–H and O–H groups in total. The van der Waals surface area contributed by atoms with Gasteiger partial charge in [0.15, 0.2) is 5.60 Å². The highest BCUT2D eigenvalue weighted by atomic mass is 16.6. The molecule has 0 aliphatic carbocycles. The molecule has 0 bridgehead atoms. The van der Waals surface area contributed by atoms with Crippen molar-refractivity contribution in [1.82, 2.24) is 0 Å². The molecule has 1 aliphatic heterocycles. The van der Waals surface area contributed by atoms with E-state index in [0.717, 1.165) is 28.0 Å². The molecule has 5 heteroatoms. The largest absolute Gasteiger partial charge is 0.489 e. The lowest BCUT2D eigenvalue weighted by Crippen LogP contribution is -2.44. The van der Waals surface area contributed by atoms with Crippen molar-refractivity contribution in [1.29, 1.82) is 0 Å². The minimum atomic E-state index is -1.61. The molecular formula is C32H30O5. The number of esters is 1. The van der Waals surface area contributed by atoms with Crippen molar-refractivity contribution in [2.45, 2.75) is 31.7 Å². The van der Waals surface area contributed by atoms with Gasteiger partial charge in [-0.25, -0.2) is 4.79 Å². The van der Waals surface area contributed by atoms with E-state index < -0.39 is 11.6 Å². The monoisotopic (exact) mass is 494 g/mol. The third-order valence-corrected chi connectivity index (χ3v) is 6.69. The van der Waals surface area contributed by atoms with Crippen LogP contribution in [0.25, 0.3) is 0 Å². The first-order valence-corrected chi connectivity index (χ1v) is 12.5. The van der Waals surface area contributed by atoms with Crippen LogP contribution in [0.3, 0.4) is 0 Å². The average molecular weight is 495 g/mol. The normalized spacial score (nSPS) is 18.8. The van der Waals surface area contributed by atoms with Gasteiger partial charge in [-0.05, 0) is 52.9 Å². The lowest BCUT2D eigenvalue weighted by molar-refractivity contribution is -0.154. The SMILES string of the molecule is O=C1OC[C@H](Cc2cccc(OCc3ccccc3)c2)[C@]1(O)Cc1cccc(OCc2ccccc2)c1. The van der Waals surface area contributed by atoms with Gasteiger partial charge in [-0.1, -0.05) is 84.9 Å². The Kier molecular flexibility index (Phi) is 7.52.